The number of hydrogen-bond acceptors (Lipinski definition) is 4. The first kappa shape index (κ1) is 12.8. The van der Waals surface area contributed by atoms with Gasteiger partial charge in [-0.2, -0.15) is 0 Å². The van der Waals surface area contributed by atoms with Crippen LogP contribution in [-0.2, 0) is 11.3 Å². The summed E-state index contributed by atoms with van der Waals surface area (Å²) < 4.78 is 19.1. The number of fused-ring (bicyclic) bond motifs is 1. The molecule has 0 aromatic carbocycles. The van der Waals surface area contributed by atoms with Gasteiger partial charge in [0.05, 0.1) is 24.9 Å². The maximum atomic E-state index is 13.3. The highest BCUT2D eigenvalue weighted by Crippen LogP contribution is 2.32. The molecule has 1 saturated heterocycles. The standard InChI is InChI=1S/C14H20FN3O/c15-11-7-10(8-16)14(17-9-11)18-5-6-19-13-4-2-1-3-12(13)18/h7,9,12-13H,1-6,8,16H2. The predicted molar refractivity (Wildman–Crippen MR) is 71.4 cm³/mol. The van der Waals surface area contributed by atoms with Gasteiger partial charge in [-0.25, -0.2) is 9.37 Å². The van der Waals surface area contributed by atoms with Gasteiger partial charge in [-0.05, 0) is 18.9 Å². The zero-order valence-electron chi connectivity index (χ0n) is 11.0. The van der Waals surface area contributed by atoms with Gasteiger partial charge in [-0.15, -0.1) is 0 Å². The van der Waals surface area contributed by atoms with Gasteiger partial charge >= 0.3 is 0 Å². The molecule has 1 aliphatic heterocycles. The van der Waals surface area contributed by atoms with E-state index in [0.717, 1.165) is 30.8 Å². The normalized spacial score (nSPS) is 27.2. The van der Waals surface area contributed by atoms with E-state index in [9.17, 15) is 4.39 Å². The van der Waals surface area contributed by atoms with Gasteiger partial charge in [0.1, 0.15) is 11.6 Å². The van der Waals surface area contributed by atoms with Crippen molar-refractivity contribution in [3.63, 3.8) is 0 Å². The van der Waals surface area contributed by atoms with E-state index in [1.165, 1.54) is 25.1 Å². The van der Waals surface area contributed by atoms with Crippen LogP contribution in [0.3, 0.4) is 0 Å². The number of ether oxygens (including phenoxy) is 1. The van der Waals surface area contributed by atoms with Crippen molar-refractivity contribution in [2.24, 2.45) is 5.73 Å². The molecule has 4 nitrogen and oxygen atoms in total. The number of rotatable bonds is 2. The van der Waals surface area contributed by atoms with Crippen molar-refractivity contribution in [2.45, 2.75) is 44.4 Å². The van der Waals surface area contributed by atoms with E-state index in [1.54, 1.807) is 0 Å². The topological polar surface area (TPSA) is 51.4 Å². The maximum absolute atomic E-state index is 13.3. The zero-order valence-corrected chi connectivity index (χ0v) is 11.0. The summed E-state index contributed by atoms with van der Waals surface area (Å²) in [6.45, 7) is 1.84. The molecule has 19 heavy (non-hydrogen) atoms. The average Bonchev–Trinajstić information content (AvgIpc) is 2.46. The third-order valence-corrected chi connectivity index (χ3v) is 4.13. The van der Waals surface area contributed by atoms with Crippen LogP contribution in [0, 0.1) is 5.82 Å². The van der Waals surface area contributed by atoms with Crippen LogP contribution in [0.5, 0.6) is 0 Å². The SMILES string of the molecule is NCc1cc(F)cnc1N1CCOC2CCCCC21. The Hall–Kier alpha value is -1.20. The lowest BCUT2D eigenvalue weighted by molar-refractivity contribution is -0.00905. The Morgan fingerprint density at radius 1 is 1.42 bits per heavy atom. The van der Waals surface area contributed by atoms with Crippen molar-refractivity contribution in [3.05, 3.63) is 23.6 Å². The summed E-state index contributed by atoms with van der Waals surface area (Å²) in [4.78, 5) is 6.55. The summed E-state index contributed by atoms with van der Waals surface area (Å²) in [7, 11) is 0. The number of halogens is 1. The molecule has 2 N–H and O–H groups in total. The number of aromatic nitrogens is 1. The van der Waals surface area contributed by atoms with Gasteiger partial charge in [0.25, 0.3) is 0 Å². The number of morpholine rings is 1. The third-order valence-electron chi connectivity index (χ3n) is 4.13. The lowest BCUT2D eigenvalue weighted by Crippen LogP contribution is -2.53. The number of pyridine rings is 1. The van der Waals surface area contributed by atoms with Crippen LogP contribution >= 0.6 is 0 Å². The minimum atomic E-state index is -0.322. The van der Waals surface area contributed by atoms with Gasteiger partial charge in [0, 0.05) is 18.7 Å². The predicted octanol–water partition coefficient (Wildman–Crippen LogP) is 1.83. The maximum Gasteiger partial charge on any atom is 0.141 e. The minimum absolute atomic E-state index is 0.292. The van der Waals surface area contributed by atoms with Crippen molar-refractivity contribution in [1.29, 1.82) is 0 Å². The fourth-order valence-corrected chi connectivity index (χ4v) is 3.24. The summed E-state index contributed by atoms with van der Waals surface area (Å²) in [6, 6.07) is 1.86. The van der Waals surface area contributed by atoms with E-state index in [1.807, 2.05) is 0 Å². The minimum Gasteiger partial charge on any atom is -0.374 e. The molecule has 1 saturated carbocycles. The van der Waals surface area contributed by atoms with E-state index in [-0.39, 0.29) is 5.82 Å². The van der Waals surface area contributed by atoms with E-state index in [2.05, 4.69) is 9.88 Å². The molecule has 0 bridgehead atoms. The number of nitrogens with two attached hydrogens (primary N) is 1. The number of nitrogens with zero attached hydrogens (tertiary/aromatic N) is 2. The van der Waals surface area contributed by atoms with Gasteiger partial charge in [-0.3, -0.25) is 0 Å². The Morgan fingerprint density at radius 3 is 3.11 bits per heavy atom. The van der Waals surface area contributed by atoms with Crippen LogP contribution in [0.25, 0.3) is 0 Å². The van der Waals surface area contributed by atoms with E-state index in [4.69, 9.17) is 10.5 Å². The van der Waals surface area contributed by atoms with Crippen LogP contribution in [0.4, 0.5) is 10.2 Å². The van der Waals surface area contributed by atoms with Crippen LogP contribution in [0.15, 0.2) is 12.3 Å². The fourth-order valence-electron chi connectivity index (χ4n) is 3.24. The molecule has 0 spiro atoms. The third kappa shape index (κ3) is 2.44. The number of hydrogen-bond donors (Lipinski definition) is 1. The smallest absolute Gasteiger partial charge is 0.141 e. The highest BCUT2D eigenvalue weighted by Gasteiger charge is 2.35. The number of anilines is 1. The van der Waals surface area contributed by atoms with Crippen molar-refractivity contribution >= 4 is 5.82 Å². The molecule has 3 rings (SSSR count). The molecular formula is C14H20FN3O. The highest BCUT2D eigenvalue weighted by atomic mass is 19.1. The molecule has 1 aliphatic carbocycles. The quantitative estimate of drug-likeness (QED) is 0.886. The molecular weight excluding hydrogens is 245 g/mol. The van der Waals surface area contributed by atoms with Gasteiger partial charge < -0.3 is 15.4 Å². The first-order valence-corrected chi connectivity index (χ1v) is 7.02. The second kappa shape index (κ2) is 5.43. The van der Waals surface area contributed by atoms with E-state index >= 15 is 0 Å². The Bertz CT molecular complexity index is 452. The molecule has 1 aromatic rings. The Kier molecular flexibility index (Phi) is 3.66. The van der Waals surface area contributed by atoms with Gasteiger partial charge in [0.2, 0.25) is 0 Å². The Morgan fingerprint density at radius 2 is 2.26 bits per heavy atom. The molecule has 104 valence electrons. The van der Waals surface area contributed by atoms with Gasteiger partial charge in [-0.1, -0.05) is 12.8 Å². The highest BCUT2D eigenvalue weighted by molar-refractivity contribution is 5.48. The molecule has 2 fully saturated rings. The zero-order chi connectivity index (χ0) is 13.2. The Labute approximate surface area is 112 Å². The molecule has 2 heterocycles. The fraction of sp³-hybridized carbons (Fsp3) is 0.643. The molecule has 2 atom stereocenters. The summed E-state index contributed by atoms with van der Waals surface area (Å²) in [5.41, 5.74) is 6.51. The van der Waals surface area contributed by atoms with Crippen molar-refractivity contribution in [3.8, 4) is 0 Å². The van der Waals surface area contributed by atoms with Crippen LogP contribution < -0.4 is 10.6 Å². The Balaban J connectivity index is 1.91. The molecule has 0 amide bonds. The van der Waals surface area contributed by atoms with Crippen LogP contribution in [0.2, 0.25) is 0 Å². The largest absolute Gasteiger partial charge is 0.374 e. The van der Waals surface area contributed by atoms with Crippen molar-refractivity contribution in [2.75, 3.05) is 18.1 Å². The summed E-state index contributed by atoms with van der Waals surface area (Å²) in [5.74, 6) is 0.516. The van der Waals surface area contributed by atoms with Crippen LogP contribution in [0.1, 0.15) is 31.2 Å². The van der Waals surface area contributed by atoms with Gasteiger partial charge in [0.15, 0.2) is 0 Å². The molecule has 2 aliphatic rings. The summed E-state index contributed by atoms with van der Waals surface area (Å²) in [6.07, 6.45) is 6.26. The molecule has 5 heteroatoms. The second-order valence-electron chi connectivity index (χ2n) is 5.29. The lowest BCUT2D eigenvalue weighted by Gasteiger charge is -2.45. The first-order chi connectivity index (χ1) is 9.29. The average molecular weight is 265 g/mol. The van der Waals surface area contributed by atoms with E-state index < -0.39 is 0 Å². The summed E-state index contributed by atoms with van der Waals surface area (Å²) >= 11 is 0. The lowest BCUT2D eigenvalue weighted by atomic mass is 9.90. The molecule has 2 unspecified atom stereocenters. The van der Waals surface area contributed by atoms with Crippen molar-refractivity contribution < 1.29 is 9.13 Å². The molecule has 1 aromatic heterocycles. The van der Waals surface area contributed by atoms with Crippen LogP contribution in [-0.4, -0.2) is 30.3 Å². The summed E-state index contributed by atoms with van der Waals surface area (Å²) in [5, 5.41) is 0. The first-order valence-electron chi connectivity index (χ1n) is 7.02. The monoisotopic (exact) mass is 265 g/mol. The van der Waals surface area contributed by atoms with Crippen molar-refractivity contribution in [1.82, 2.24) is 4.98 Å². The molecule has 0 radical (unpaired) electrons. The van der Waals surface area contributed by atoms with E-state index in [0.29, 0.717) is 25.3 Å². The second-order valence-corrected chi connectivity index (χ2v) is 5.29.